The SMILES string of the molecule is CCCCc1nc2ccccn2c(=O)c1-c1ccc(NC(=O)C2CCCN2C(=O)O)cc1. The second-order valence-electron chi connectivity index (χ2n) is 7.97. The molecule has 2 N–H and O–H groups in total. The van der Waals surface area contributed by atoms with Gasteiger partial charge >= 0.3 is 6.09 Å². The third kappa shape index (κ3) is 4.21. The number of aromatic nitrogens is 2. The van der Waals surface area contributed by atoms with E-state index in [-0.39, 0.29) is 11.5 Å². The maximum atomic E-state index is 13.2. The number of unbranched alkanes of at least 4 members (excludes halogenated alkanes) is 1. The van der Waals surface area contributed by atoms with E-state index >= 15 is 0 Å². The number of hydrogen-bond donors (Lipinski definition) is 2. The second kappa shape index (κ2) is 9.21. The lowest BCUT2D eigenvalue weighted by Crippen LogP contribution is -2.42. The summed E-state index contributed by atoms with van der Waals surface area (Å²) in [6.07, 6.45) is 4.44. The molecule has 1 saturated heterocycles. The highest BCUT2D eigenvalue weighted by atomic mass is 16.4. The van der Waals surface area contributed by atoms with Gasteiger partial charge in [-0.3, -0.25) is 18.9 Å². The van der Waals surface area contributed by atoms with Gasteiger partial charge in [0.15, 0.2) is 0 Å². The van der Waals surface area contributed by atoms with Gasteiger partial charge in [-0.2, -0.15) is 0 Å². The average Bonchev–Trinajstić information content (AvgIpc) is 3.29. The summed E-state index contributed by atoms with van der Waals surface area (Å²) in [5.41, 5.74) is 3.12. The zero-order chi connectivity index (χ0) is 22.7. The average molecular weight is 434 g/mol. The Kier molecular flexibility index (Phi) is 6.20. The highest BCUT2D eigenvalue weighted by molar-refractivity contribution is 5.96. The van der Waals surface area contributed by atoms with Crippen molar-refractivity contribution in [1.29, 1.82) is 0 Å². The molecule has 1 aliphatic rings. The minimum atomic E-state index is -1.08. The van der Waals surface area contributed by atoms with E-state index < -0.39 is 12.1 Å². The summed E-state index contributed by atoms with van der Waals surface area (Å²) in [5.74, 6) is -0.339. The number of anilines is 1. The summed E-state index contributed by atoms with van der Waals surface area (Å²) in [5, 5.41) is 12.1. The summed E-state index contributed by atoms with van der Waals surface area (Å²) < 4.78 is 1.54. The van der Waals surface area contributed by atoms with Gasteiger partial charge in [-0.15, -0.1) is 0 Å². The number of nitrogens with zero attached hydrogens (tertiary/aromatic N) is 3. The van der Waals surface area contributed by atoms with Crippen molar-refractivity contribution in [3.05, 3.63) is 64.7 Å². The molecule has 1 fully saturated rings. The van der Waals surface area contributed by atoms with E-state index in [0.29, 0.717) is 42.7 Å². The topological polar surface area (TPSA) is 104 Å². The van der Waals surface area contributed by atoms with E-state index in [9.17, 15) is 19.5 Å². The molecule has 1 aromatic carbocycles. The number of benzene rings is 1. The number of hydrogen-bond acceptors (Lipinski definition) is 4. The molecule has 8 nitrogen and oxygen atoms in total. The Hall–Kier alpha value is -3.68. The number of amides is 2. The van der Waals surface area contributed by atoms with E-state index in [4.69, 9.17) is 4.98 Å². The monoisotopic (exact) mass is 434 g/mol. The van der Waals surface area contributed by atoms with Crippen LogP contribution in [0.1, 0.15) is 38.3 Å². The number of pyridine rings is 1. The molecule has 3 aromatic rings. The van der Waals surface area contributed by atoms with Gasteiger partial charge in [0.25, 0.3) is 5.56 Å². The number of carbonyl (C=O) groups is 2. The Labute approximate surface area is 185 Å². The van der Waals surface area contributed by atoms with E-state index in [2.05, 4.69) is 12.2 Å². The van der Waals surface area contributed by atoms with Crippen molar-refractivity contribution < 1.29 is 14.7 Å². The van der Waals surface area contributed by atoms with Crippen LogP contribution >= 0.6 is 0 Å². The van der Waals surface area contributed by atoms with Crippen LogP contribution in [-0.2, 0) is 11.2 Å². The van der Waals surface area contributed by atoms with Crippen molar-refractivity contribution in [3.8, 4) is 11.1 Å². The largest absolute Gasteiger partial charge is 0.465 e. The molecule has 2 aromatic heterocycles. The Bertz CT molecular complexity index is 1200. The zero-order valence-corrected chi connectivity index (χ0v) is 18.0. The maximum Gasteiger partial charge on any atom is 0.407 e. The molecular formula is C24H26N4O4. The van der Waals surface area contributed by atoms with Gasteiger partial charge in [0.1, 0.15) is 11.7 Å². The summed E-state index contributed by atoms with van der Waals surface area (Å²) >= 11 is 0. The molecular weight excluding hydrogens is 408 g/mol. The summed E-state index contributed by atoms with van der Waals surface area (Å²) in [6.45, 7) is 2.46. The quantitative estimate of drug-likeness (QED) is 0.614. The lowest BCUT2D eigenvalue weighted by Gasteiger charge is -2.20. The van der Waals surface area contributed by atoms with Crippen molar-refractivity contribution in [2.45, 2.75) is 45.1 Å². The van der Waals surface area contributed by atoms with E-state index in [0.717, 1.165) is 24.1 Å². The minimum Gasteiger partial charge on any atom is -0.465 e. The molecule has 0 bridgehead atoms. The lowest BCUT2D eigenvalue weighted by atomic mass is 10.0. The fraction of sp³-hybridized carbons (Fsp3) is 0.333. The number of nitrogens with one attached hydrogen (secondary N) is 1. The smallest absolute Gasteiger partial charge is 0.407 e. The Morgan fingerprint density at radius 3 is 2.69 bits per heavy atom. The van der Waals surface area contributed by atoms with Crippen LogP contribution in [0.3, 0.4) is 0 Å². The Morgan fingerprint density at radius 1 is 1.19 bits per heavy atom. The number of rotatable bonds is 6. The first kappa shape index (κ1) is 21.5. The second-order valence-corrected chi connectivity index (χ2v) is 7.97. The third-order valence-corrected chi connectivity index (χ3v) is 5.82. The van der Waals surface area contributed by atoms with Gasteiger partial charge in [-0.25, -0.2) is 9.78 Å². The van der Waals surface area contributed by atoms with Gasteiger partial charge in [0, 0.05) is 18.4 Å². The van der Waals surface area contributed by atoms with E-state index in [1.807, 2.05) is 12.1 Å². The Morgan fingerprint density at radius 2 is 1.97 bits per heavy atom. The van der Waals surface area contributed by atoms with Crippen LogP contribution in [0.2, 0.25) is 0 Å². The molecule has 3 heterocycles. The van der Waals surface area contributed by atoms with Crippen LogP contribution in [0.5, 0.6) is 0 Å². The van der Waals surface area contributed by atoms with Gasteiger partial charge in [-0.05, 0) is 55.5 Å². The summed E-state index contributed by atoms with van der Waals surface area (Å²) in [6, 6.07) is 11.9. The van der Waals surface area contributed by atoms with Gasteiger partial charge in [0.05, 0.1) is 11.3 Å². The standard InChI is InChI=1S/C24H26N4O4/c1-2-3-7-18-21(23(30)28-14-5-4-9-20(28)26-18)16-10-12-17(13-11-16)25-22(29)19-8-6-15-27(19)24(31)32/h4-5,9-14,19H,2-3,6-8,15H2,1H3,(H,25,29)(H,31,32). The first-order chi connectivity index (χ1) is 15.5. The van der Waals surface area contributed by atoms with Crippen LogP contribution in [0.15, 0.2) is 53.5 Å². The van der Waals surface area contributed by atoms with E-state index in [1.165, 1.54) is 4.90 Å². The normalized spacial score (nSPS) is 15.8. The fourth-order valence-corrected chi connectivity index (χ4v) is 4.16. The third-order valence-electron chi connectivity index (χ3n) is 5.82. The van der Waals surface area contributed by atoms with Crippen molar-refractivity contribution in [2.24, 2.45) is 0 Å². The fourth-order valence-electron chi connectivity index (χ4n) is 4.16. The predicted molar refractivity (Wildman–Crippen MR) is 122 cm³/mol. The first-order valence-corrected chi connectivity index (χ1v) is 10.9. The predicted octanol–water partition coefficient (Wildman–Crippen LogP) is 3.79. The van der Waals surface area contributed by atoms with Crippen LogP contribution < -0.4 is 10.9 Å². The van der Waals surface area contributed by atoms with Crippen LogP contribution in [0, 0.1) is 0 Å². The van der Waals surface area contributed by atoms with Crippen molar-refractivity contribution in [3.63, 3.8) is 0 Å². The molecule has 8 heteroatoms. The summed E-state index contributed by atoms with van der Waals surface area (Å²) in [4.78, 5) is 43.0. The van der Waals surface area contributed by atoms with Gasteiger partial charge < -0.3 is 10.4 Å². The maximum absolute atomic E-state index is 13.2. The molecule has 0 radical (unpaired) electrons. The molecule has 1 aliphatic heterocycles. The molecule has 0 saturated carbocycles. The summed E-state index contributed by atoms with van der Waals surface area (Å²) in [7, 11) is 0. The molecule has 1 unspecified atom stereocenters. The lowest BCUT2D eigenvalue weighted by molar-refractivity contribution is -0.119. The molecule has 166 valence electrons. The van der Waals surface area contributed by atoms with Crippen molar-refractivity contribution >= 4 is 23.3 Å². The minimum absolute atomic E-state index is 0.124. The molecule has 1 atom stereocenters. The number of aryl methyl sites for hydroxylation is 1. The van der Waals surface area contributed by atoms with Crippen LogP contribution in [0.4, 0.5) is 10.5 Å². The molecule has 4 rings (SSSR count). The van der Waals surface area contributed by atoms with Gasteiger partial charge in [0.2, 0.25) is 5.91 Å². The first-order valence-electron chi connectivity index (χ1n) is 10.9. The number of fused-ring (bicyclic) bond motifs is 1. The van der Waals surface area contributed by atoms with Gasteiger partial charge in [-0.1, -0.05) is 31.5 Å². The number of carboxylic acid groups (broad SMARTS) is 1. The molecule has 2 amide bonds. The highest BCUT2D eigenvalue weighted by Crippen LogP contribution is 2.24. The highest BCUT2D eigenvalue weighted by Gasteiger charge is 2.34. The van der Waals surface area contributed by atoms with Crippen molar-refractivity contribution in [2.75, 3.05) is 11.9 Å². The van der Waals surface area contributed by atoms with Crippen LogP contribution in [-0.4, -0.2) is 44.0 Å². The zero-order valence-electron chi connectivity index (χ0n) is 18.0. The molecule has 32 heavy (non-hydrogen) atoms. The molecule has 0 spiro atoms. The molecule has 0 aliphatic carbocycles. The van der Waals surface area contributed by atoms with E-state index in [1.54, 1.807) is 40.9 Å². The number of likely N-dealkylation sites (tertiary alicyclic amines) is 1. The van der Waals surface area contributed by atoms with Crippen molar-refractivity contribution in [1.82, 2.24) is 14.3 Å². The number of carbonyl (C=O) groups excluding carboxylic acids is 1. The Balaban J connectivity index is 1.62. The van der Waals surface area contributed by atoms with Crippen LogP contribution in [0.25, 0.3) is 16.8 Å².